The van der Waals surface area contributed by atoms with Crippen molar-refractivity contribution in [3.8, 4) is 0 Å². The van der Waals surface area contributed by atoms with E-state index in [1.807, 2.05) is 4.90 Å². The third-order valence-corrected chi connectivity index (χ3v) is 4.58. The Bertz CT molecular complexity index is 466. The average molecular weight is 272 g/mol. The fourth-order valence-corrected chi connectivity index (χ4v) is 3.39. The average Bonchev–Trinajstić information content (AvgIpc) is 2.70. The zero-order valence-corrected chi connectivity index (χ0v) is 12.1. The second-order valence-corrected chi connectivity index (χ2v) is 6.03. The Hall–Kier alpha value is -1.35. The third kappa shape index (κ3) is 3.04. The predicted octanol–water partition coefficient (Wildman–Crippen LogP) is 2.75. The minimum Gasteiger partial charge on any atom is -0.317 e. The van der Waals surface area contributed by atoms with Gasteiger partial charge in [-0.15, -0.1) is 0 Å². The van der Waals surface area contributed by atoms with Crippen molar-refractivity contribution in [1.82, 2.24) is 5.32 Å². The normalized spacial score (nSPS) is 20.3. The molecule has 108 valence electrons. The van der Waals surface area contributed by atoms with Gasteiger partial charge < -0.3 is 10.2 Å². The molecule has 2 aliphatic rings. The molecule has 1 aromatic carbocycles. The molecule has 0 aliphatic carbocycles. The first-order chi connectivity index (χ1) is 9.84. The van der Waals surface area contributed by atoms with Crippen molar-refractivity contribution in [2.24, 2.45) is 5.92 Å². The van der Waals surface area contributed by atoms with Gasteiger partial charge in [-0.05, 0) is 62.7 Å². The van der Waals surface area contributed by atoms with Crippen LogP contribution in [-0.2, 0) is 11.2 Å². The molecule has 3 nitrogen and oxygen atoms in total. The Balaban J connectivity index is 1.73. The van der Waals surface area contributed by atoms with E-state index in [0.29, 0.717) is 11.8 Å². The molecule has 0 spiro atoms. The number of hydrogen-bond acceptors (Lipinski definition) is 2. The maximum Gasteiger partial charge on any atom is 0.227 e. The van der Waals surface area contributed by atoms with Gasteiger partial charge in [-0.25, -0.2) is 0 Å². The Morgan fingerprint density at radius 1 is 1.20 bits per heavy atom. The summed E-state index contributed by atoms with van der Waals surface area (Å²) in [5.41, 5.74) is 2.49. The minimum atomic E-state index is 0.325. The lowest BCUT2D eigenvalue weighted by atomic mass is 9.94. The van der Waals surface area contributed by atoms with Crippen LogP contribution in [0.5, 0.6) is 0 Å². The molecule has 1 fully saturated rings. The fourth-order valence-electron chi connectivity index (χ4n) is 3.39. The molecule has 0 bridgehead atoms. The maximum atomic E-state index is 12.7. The number of nitrogens with one attached hydrogen (secondary N) is 1. The molecule has 3 rings (SSSR count). The molecule has 3 heteroatoms. The summed E-state index contributed by atoms with van der Waals surface area (Å²) in [5.74, 6) is 0.894. The lowest BCUT2D eigenvalue weighted by molar-refractivity contribution is -0.119. The van der Waals surface area contributed by atoms with Gasteiger partial charge in [-0.2, -0.15) is 0 Å². The maximum absolute atomic E-state index is 12.7. The number of rotatable bonds is 2. The van der Waals surface area contributed by atoms with E-state index in [4.69, 9.17) is 0 Å². The number of para-hydroxylation sites is 1. The van der Waals surface area contributed by atoms with Crippen LogP contribution >= 0.6 is 0 Å². The number of amides is 1. The third-order valence-electron chi connectivity index (χ3n) is 4.58. The van der Waals surface area contributed by atoms with E-state index in [0.717, 1.165) is 57.4 Å². The van der Waals surface area contributed by atoms with Gasteiger partial charge in [0.05, 0.1) is 0 Å². The van der Waals surface area contributed by atoms with E-state index in [2.05, 4.69) is 29.6 Å². The van der Waals surface area contributed by atoms with Crippen LogP contribution in [0.15, 0.2) is 24.3 Å². The number of carbonyl (C=O) groups is 1. The van der Waals surface area contributed by atoms with Crippen LogP contribution < -0.4 is 10.2 Å². The molecular formula is C17H24N2O. The first kappa shape index (κ1) is 13.6. The standard InChI is InChI=1S/C17H24N2O/c20-17(13-14-8-10-18-11-9-14)19-12-4-3-6-15-5-1-2-7-16(15)19/h1-2,5,7,14,18H,3-4,6,8-13H2. The summed E-state index contributed by atoms with van der Waals surface area (Å²) in [6.07, 6.45) is 6.41. The Labute approximate surface area is 121 Å². The minimum absolute atomic E-state index is 0.325. The molecule has 1 saturated heterocycles. The first-order valence-electron chi connectivity index (χ1n) is 7.93. The van der Waals surface area contributed by atoms with Crippen molar-refractivity contribution in [2.45, 2.75) is 38.5 Å². The molecule has 1 amide bonds. The van der Waals surface area contributed by atoms with Gasteiger partial charge in [0.15, 0.2) is 0 Å². The van der Waals surface area contributed by atoms with E-state index in [1.165, 1.54) is 12.0 Å². The SMILES string of the molecule is O=C(CC1CCNCC1)N1CCCCc2ccccc21. The molecule has 0 radical (unpaired) electrons. The van der Waals surface area contributed by atoms with Crippen molar-refractivity contribution in [1.29, 1.82) is 0 Å². The molecule has 0 saturated carbocycles. The lowest BCUT2D eigenvalue weighted by Gasteiger charge is -2.27. The van der Waals surface area contributed by atoms with E-state index in [1.54, 1.807) is 0 Å². The van der Waals surface area contributed by atoms with E-state index in [9.17, 15) is 4.79 Å². The molecule has 1 N–H and O–H groups in total. The Morgan fingerprint density at radius 3 is 2.85 bits per heavy atom. The molecule has 0 aromatic heterocycles. The molecule has 1 aromatic rings. The zero-order valence-electron chi connectivity index (χ0n) is 12.1. The molecule has 2 aliphatic heterocycles. The highest BCUT2D eigenvalue weighted by atomic mass is 16.2. The number of benzene rings is 1. The van der Waals surface area contributed by atoms with Crippen LogP contribution in [0, 0.1) is 5.92 Å². The van der Waals surface area contributed by atoms with E-state index < -0.39 is 0 Å². The summed E-state index contributed by atoms with van der Waals surface area (Å²) >= 11 is 0. The first-order valence-corrected chi connectivity index (χ1v) is 7.93. The van der Waals surface area contributed by atoms with E-state index >= 15 is 0 Å². The summed E-state index contributed by atoms with van der Waals surface area (Å²) in [4.78, 5) is 14.7. The summed E-state index contributed by atoms with van der Waals surface area (Å²) < 4.78 is 0. The molecule has 2 heterocycles. The Morgan fingerprint density at radius 2 is 2.00 bits per heavy atom. The topological polar surface area (TPSA) is 32.3 Å². The molecule has 0 atom stereocenters. The second kappa shape index (κ2) is 6.40. The number of hydrogen-bond donors (Lipinski definition) is 1. The van der Waals surface area contributed by atoms with Gasteiger partial charge in [0, 0.05) is 18.7 Å². The van der Waals surface area contributed by atoms with Gasteiger partial charge in [-0.1, -0.05) is 18.2 Å². The molecular weight excluding hydrogens is 248 g/mol. The van der Waals surface area contributed by atoms with Gasteiger partial charge in [-0.3, -0.25) is 4.79 Å². The summed E-state index contributed by atoms with van der Waals surface area (Å²) in [6, 6.07) is 8.42. The molecule has 20 heavy (non-hydrogen) atoms. The monoisotopic (exact) mass is 272 g/mol. The number of piperidine rings is 1. The summed E-state index contributed by atoms with van der Waals surface area (Å²) in [7, 11) is 0. The van der Waals surface area contributed by atoms with Gasteiger partial charge in [0.1, 0.15) is 0 Å². The lowest BCUT2D eigenvalue weighted by Crippen LogP contribution is -2.35. The summed E-state index contributed by atoms with van der Waals surface area (Å²) in [6.45, 7) is 3.02. The van der Waals surface area contributed by atoms with Gasteiger partial charge in [0.2, 0.25) is 5.91 Å². The van der Waals surface area contributed by atoms with Crippen molar-refractivity contribution in [3.63, 3.8) is 0 Å². The highest BCUT2D eigenvalue weighted by molar-refractivity contribution is 5.94. The fraction of sp³-hybridized carbons (Fsp3) is 0.588. The van der Waals surface area contributed by atoms with Crippen LogP contribution in [0.1, 0.15) is 37.7 Å². The van der Waals surface area contributed by atoms with Gasteiger partial charge >= 0.3 is 0 Å². The van der Waals surface area contributed by atoms with Crippen molar-refractivity contribution < 1.29 is 4.79 Å². The number of aryl methyl sites for hydroxylation is 1. The van der Waals surface area contributed by atoms with Gasteiger partial charge in [0.25, 0.3) is 0 Å². The van der Waals surface area contributed by atoms with Crippen LogP contribution in [0.4, 0.5) is 5.69 Å². The Kier molecular flexibility index (Phi) is 4.36. The number of nitrogens with zero attached hydrogens (tertiary/aromatic N) is 1. The smallest absolute Gasteiger partial charge is 0.227 e. The summed E-state index contributed by atoms with van der Waals surface area (Å²) in [5, 5.41) is 3.37. The van der Waals surface area contributed by atoms with Crippen LogP contribution in [0.25, 0.3) is 0 Å². The number of fused-ring (bicyclic) bond motifs is 1. The van der Waals surface area contributed by atoms with Crippen LogP contribution in [0.3, 0.4) is 0 Å². The quantitative estimate of drug-likeness (QED) is 0.898. The predicted molar refractivity (Wildman–Crippen MR) is 81.9 cm³/mol. The second-order valence-electron chi connectivity index (χ2n) is 6.03. The van der Waals surface area contributed by atoms with Crippen molar-refractivity contribution >= 4 is 11.6 Å². The zero-order chi connectivity index (χ0) is 13.8. The van der Waals surface area contributed by atoms with E-state index in [-0.39, 0.29) is 0 Å². The largest absolute Gasteiger partial charge is 0.317 e. The van der Waals surface area contributed by atoms with Crippen LogP contribution in [0.2, 0.25) is 0 Å². The van der Waals surface area contributed by atoms with Crippen molar-refractivity contribution in [2.75, 3.05) is 24.5 Å². The number of carbonyl (C=O) groups excluding carboxylic acids is 1. The highest BCUT2D eigenvalue weighted by Gasteiger charge is 2.24. The molecule has 0 unspecified atom stereocenters. The van der Waals surface area contributed by atoms with Crippen molar-refractivity contribution in [3.05, 3.63) is 29.8 Å². The van der Waals surface area contributed by atoms with Crippen LogP contribution in [-0.4, -0.2) is 25.5 Å². The number of anilines is 1. The highest BCUT2D eigenvalue weighted by Crippen LogP contribution is 2.28.